The van der Waals surface area contributed by atoms with Crippen LogP contribution in [0.25, 0.3) is 0 Å². The molecule has 0 aromatic carbocycles. The fourth-order valence-corrected chi connectivity index (χ4v) is 2.00. The van der Waals surface area contributed by atoms with Gasteiger partial charge in [0.15, 0.2) is 0 Å². The monoisotopic (exact) mass is 256 g/mol. The van der Waals surface area contributed by atoms with Crippen molar-refractivity contribution in [1.82, 2.24) is 4.90 Å². The van der Waals surface area contributed by atoms with Crippen molar-refractivity contribution in [3.05, 3.63) is 0 Å². The fraction of sp³-hybridized carbons (Fsp3) is 1.00. The number of nitrogens with two attached hydrogens (primary N) is 1. The van der Waals surface area contributed by atoms with E-state index in [0.29, 0.717) is 5.92 Å². The van der Waals surface area contributed by atoms with E-state index in [4.69, 9.17) is 5.73 Å². The summed E-state index contributed by atoms with van der Waals surface area (Å²) in [6, 6.07) is 0. The van der Waals surface area contributed by atoms with Crippen molar-refractivity contribution >= 4 is 0 Å². The standard InChI is InChI=1S/C16H36N2/c1-14(2)8-11-18(12-9-15(3)4)10-6-7-16(5)13-17/h14-16H,6-13,17H2,1-5H3. The minimum absolute atomic E-state index is 0.682. The molecule has 0 amide bonds. The fourth-order valence-electron chi connectivity index (χ4n) is 2.00. The third-order valence-corrected chi connectivity index (χ3v) is 3.62. The van der Waals surface area contributed by atoms with E-state index in [9.17, 15) is 0 Å². The summed E-state index contributed by atoms with van der Waals surface area (Å²) in [5, 5.41) is 0. The Morgan fingerprint density at radius 1 is 0.778 bits per heavy atom. The molecule has 0 aliphatic rings. The van der Waals surface area contributed by atoms with Crippen LogP contribution in [0.2, 0.25) is 0 Å². The van der Waals surface area contributed by atoms with Crippen LogP contribution in [-0.4, -0.2) is 31.1 Å². The molecule has 0 bridgehead atoms. The SMILES string of the molecule is CC(C)CCN(CCCC(C)CN)CCC(C)C. The largest absolute Gasteiger partial charge is 0.330 e. The Bertz CT molecular complexity index is 166. The van der Waals surface area contributed by atoms with Crippen molar-refractivity contribution < 1.29 is 0 Å². The summed E-state index contributed by atoms with van der Waals surface area (Å²) < 4.78 is 0. The first-order valence-corrected chi connectivity index (χ1v) is 7.88. The van der Waals surface area contributed by atoms with Crippen LogP contribution in [0.5, 0.6) is 0 Å². The molecular formula is C16H36N2. The van der Waals surface area contributed by atoms with E-state index in [0.717, 1.165) is 18.4 Å². The average molecular weight is 256 g/mol. The quantitative estimate of drug-likeness (QED) is 0.610. The van der Waals surface area contributed by atoms with Crippen molar-refractivity contribution in [3.63, 3.8) is 0 Å². The van der Waals surface area contributed by atoms with Gasteiger partial charge in [-0.3, -0.25) is 0 Å². The van der Waals surface area contributed by atoms with Gasteiger partial charge in [0.1, 0.15) is 0 Å². The maximum Gasteiger partial charge on any atom is -0.00163 e. The molecule has 0 fully saturated rings. The smallest absolute Gasteiger partial charge is 0.00163 e. The maximum atomic E-state index is 5.67. The highest BCUT2D eigenvalue weighted by Crippen LogP contribution is 2.09. The van der Waals surface area contributed by atoms with Crippen LogP contribution in [0.15, 0.2) is 0 Å². The second-order valence-corrected chi connectivity index (χ2v) is 6.69. The van der Waals surface area contributed by atoms with Crippen LogP contribution in [0.3, 0.4) is 0 Å². The molecule has 18 heavy (non-hydrogen) atoms. The van der Waals surface area contributed by atoms with Crippen LogP contribution in [-0.2, 0) is 0 Å². The van der Waals surface area contributed by atoms with Gasteiger partial charge in [-0.25, -0.2) is 0 Å². The number of hydrogen-bond acceptors (Lipinski definition) is 2. The minimum Gasteiger partial charge on any atom is -0.330 e. The highest BCUT2D eigenvalue weighted by molar-refractivity contribution is 4.63. The summed E-state index contributed by atoms with van der Waals surface area (Å²) >= 11 is 0. The van der Waals surface area contributed by atoms with Gasteiger partial charge < -0.3 is 10.6 Å². The van der Waals surface area contributed by atoms with E-state index in [1.807, 2.05) is 0 Å². The summed E-state index contributed by atoms with van der Waals surface area (Å²) in [6.45, 7) is 16.1. The normalized spacial score (nSPS) is 13.8. The Morgan fingerprint density at radius 2 is 1.28 bits per heavy atom. The van der Waals surface area contributed by atoms with E-state index in [1.165, 1.54) is 45.3 Å². The van der Waals surface area contributed by atoms with Crippen molar-refractivity contribution in [3.8, 4) is 0 Å². The first-order valence-electron chi connectivity index (χ1n) is 7.88. The number of hydrogen-bond donors (Lipinski definition) is 1. The van der Waals surface area contributed by atoms with Gasteiger partial charge in [0, 0.05) is 0 Å². The van der Waals surface area contributed by atoms with E-state index in [2.05, 4.69) is 39.5 Å². The van der Waals surface area contributed by atoms with E-state index in [-0.39, 0.29) is 0 Å². The third-order valence-electron chi connectivity index (χ3n) is 3.62. The summed E-state index contributed by atoms with van der Waals surface area (Å²) in [5.74, 6) is 2.31. The highest BCUT2D eigenvalue weighted by Gasteiger charge is 2.08. The van der Waals surface area contributed by atoms with Crippen LogP contribution < -0.4 is 5.73 Å². The first-order chi connectivity index (χ1) is 8.45. The lowest BCUT2D eigenvalue weighted by Crippen LogP contribution is -2.29. The Hall–Kier alpha value is -0.0800. The molecule has 0 rings (SSSR count). The first kappa shape index (κ1) is 17.9. The summed E-state index contributed by atoms with van der Waals surface area (Å²) in [6.07, 6.45) is 5.22. The van der Waals surface area contributed by atoms with Crippen LogP contribution in [0, 0.1) is 17.8 Å². The van der Waals surface area contributed by atoms with Gasteiger partial charge in [0.05, 0.1) is 0 Å². The molecule has 1 unspecified atom stereocenters. The zero-order valence-corrected chi connectivity index (χ0v) is 13.4. The summed E-state index contributed by atoms with van der Waals surface area (Å²) in [7, 11) is 0. The zero-order valence-electron chi connectivity index (χ0n) is 13.4. The van der Waals surface area contributed by atoms with Gasteiger partial charge in [0.25, 0.3) is 0 Å². The predicted octanol–water partition coefficient (Wildman–Crippen LogP) is 3.76. The molecular weight excluding hydrogens is 220 g/mol. The summed E-state index contributed by atoms with van der Waals surface area (Å²) in [5.41, 5.74) is 5.67. The van der Waals surface area contributed by atoms with Gasteiger partial charge in [-0.1, -0.05) is 34.6 Å². The van der Waals surface area contributed by atoms with Gasteiger partial charge in [0.2, 0.25) is 0 Å². The highest BCUT2D eigenvalue weighted by atomic mass is 15.1. The van der Waals surface area contributed by atoms with Gasteiger partial charge in [-0.15, -0.1) is 0 Å². The lowest BCUT2D eigenvalue weighted by Gasteiger charge is -2.24. The molecule has 1 atom stereocenters. The van der Waals surface area contributed by atoms with Crippen molar-refractivity contribution in [1.29, 1.82) is 0 Å². The Labute approximate surface area is 115 Å². The van der Waals surface area contributed by atoms with Gasteiger partial charge in [-0.05, 0) is 69.6 Å². The van der Waals surface area contributed by atoms with E-state index < -0.39 is 0 Å². The second-order valence-electron chi connectivity index (χ2n) is 6.69. The maximum absolute atomic E-state index is 5.67. The molecule has 0 saturated heterocycles. The lowest BCUT2D eigenvalue weighted by atomic mass is 10.0. The summed E-state index contributed by atoms with van der Waals surface area (Å²) in [4.78, 5) is 2.66. The molecule has 0 aromatic heterocycles. The number of rotatable bonds is 11. The molecule has 0 saturated carbocycles. The molecule has 0 spiro atoms. The molecule has 2 nitrogen and oxygen atoms in total. The molecule has 0 aromatic rings. The van der Waals surface area contributed by atoms with Crippen LogP contribution >= 0.6 is 0 Å². The second kappa shape index (κ2) is 10.8. The molecule has 0 heterocycles. The Morgan fingerprint density at radius 3 is 1.67 bits per heavy atom. The van der Waals surface area contributed by atoms with Crippen molar-refractivity contribution in [2.45, 2.75) is 60.3 Å². The Balaban J connectivity index is 3.88. The molecule has 0 radical (unpaired) electrons. The molecule has 0 aliphatic carbocycles. The zero-order chi connectivity index (χ0) is 14.0. The molecule has 0 aliphatic heterocycles. The minimum atomic E-state index is 0.682. The third kappa shape index (κ3) is 11.0. The van der Waals surface area contributed by atoms with Crippen molar-refractivity contribution in [2.24, 2.45) is 23.5 Å². The van der Waals surface area contributed by atoms with Crippen molar-refractivity contribution in [2.75, 3.05) is 26.2 Å². The van der Waals surface area contributed by atoms with E-state index >= 15 is 0 Å². The van der Waals surface area contributed by atoms with Crippen LogP contribution in [0.4, 0.5) is 0 Å². The number of nitrogens with zero attached hydrogens (tertiary/aromatic N) is 1. The topological polar surface area (TPSA) is 29.3 Å². The average Bonchev–Trinajstić information content (AvgIpc) is 2.31. The van der Waals surface area contributed by atoms with Crippen LogP contribution in [0.1, 0.15) is 60.3 Å². The molecule has 2 N–H and O–H groups in total. The molecule has 2 heteroatoms. The Kier molecular flexibility index (Phi) is 10.8. The van der Waals surface area contributed by atoms with Gasteiger partial charge in [-0.2, -0.15) is 0 Å². The van der Waals surface area contributed by atoms with E-state index in [1.54, 1.807) is 0 Å². The predicted molar refractivity (Wildman–Crippen MR) is 82.8 cm³/mol. The molecule has 110 valence electrons. The van der Waals surface area contributed by atoms with Gasteiger partial charge >= 0.3 is 0 Å². The lowest BCUT2D eigenvalue weighted by molar-refractivity contribution is 0.235.